The van der Waals surface area contributed by atoms with Crippen molar-refractivity contribution >= 4 is 27.3 Å². The summed E-state index contributed by atoms with van der Waals surface area (Å²) in [5.74, 6) is 0.0220. The van der Waals surface area contributed by atoms with E-state index in [0.717, 1.165) is 11.1 Å². The highest BCUT2D eigenvalue weighted by atomic mass is 32.2. The van der Waals surface area contributed by atoms with Gasteiger partial charge in [-0.2, -0.15) is 0 Å². The zero-order valence-corrected chi connectivity index (χ0v) is 17.3. The second-order valence-corrected chi connectivity index (χ2v) is 8.98. The monoisotopic (exact) mass is 410 g/mol. The Labute approximate surface area is 170 Å². The Kier molecular flexibility index (Phi) is 4.70. The lowest BCUT2D eigenvalue weighted by Crippen LogP contribution is -2.28. The molecule has 0 aliphatic carbocycles. The van der Waals surface area contributed by atoms with Crippen molar-refractivity contribution in [2.45, 2.75) is 32.1 Å². The van der Waals surface area contributed by atoms with Crippen molar-refractivity contribution in [3.8, 4) is 0 Å². The highest BCUT2D eigenvalue weighted by molar-refractivity contribution is 7.92. The van der Waals surface area contributed by atoms with Gasteiger partial charge in [-0.05, 0) is 68.1 Å². The molecule has 4 rings (SSSR count). The molecule has 0 saturated heterocycles. The number of furan rings is 1. The molecule has 0 atom stereocenters. The Hall–Kier alpha value is -3.06. The van der Waals surface area contributed by atoms with E-state index in [-0.39, 0.29) is 16.6 Å². The summed E-state index contributed by atoms with van der Waals surface area (Å²) in [7, 11) is -3.76. The van der Waals surface area contributed by atoms with E-state index in [0.29, 0.717) is 35.5 Å². The van der Waals surface area contributed by atoms with E-state index >= 15 is 0 Å². The molecule has 6 nitrogen and oxygen atoms in total. The quantitative estimate of drug-likeness (QED) is 0.699. The van der Waals surface area contributed by atoms with Crippen LogP contribution < -0.4 is 9.62 Å². The summed E-state index contributed by atoms with van der Waals surface area (Å²) in [4.78, 5) is 14.6. The summed E-state index contributed by atoms with van der Waals surface area (Å²) in [5.41, 5.74) is 4.53. The lowest BCUT2D eigenvalue weighted by molar-refractivity contribution is 0.0963. The van der Waals surface area contributed by atoms with Gasteiger partial charge in [-0.15, -0.1) is 0 Å². The third-order valence-electron chi connectivity index (χ3n) is 5.08. The van der Waals surface area contributed by atoms with Crippen molar-refractivity contribution in [3.05, 3.63) is 76.7 Å². The second-order valence-electron chi connectivity index (χ2n) is 7.36. The van der Waals surface area contributed by atoms with Crippen LogP contribution in [0.4, 0.5) is 11.4 Å². The van der Waals surface area contributed by atoms with Crippen LogP contribution in [0.2, 0.25) is 0 Å². The van der Waals surface area contributed by atoms with Gasteiger partial charge in [0, 0.05) is 12.2 Å². The Morgan fingerprint density at radius 3 is 2.45 bits per heavy atom. The normalized spacial score (nSPS) is 13.4. The van der Waals surface area contributed by atoms with Crippen LogP contribution in [0, 0.1) is 20.8 Å². The predicted octanol–water partition coefficient (Wildman–Crippen LogP) is 4.21. The molecule has 3 aromatic rings. The molecule has 7 heteroatoms. The zero-order chi connectivity index (χ0) is 20.8. The van der Waals surface area contributed by atoms with Crippen LogP contribution in [0.25, 0.3) is 0 Å². The van der Waals surface area contributed by atoms with E-state index in [4.69, 9.17) is 4.42 Å². The molecule has 0 spiro atoms. The molecule has 0 saturated carbocycles. The molecular weight excluding hydrogens is 388 g/mol. The Balaban J connectivity index is 1.67. The fourth-order valence-electron chi connectivity index (χ4n) is 3.98. The van der Waals surface area contributed by atoms with Crippen LogP contribution in [-0.4, -0.2) is 20.9 Å². The van der Waals surface area contributed by atoms with E-state index < -0.39 is 10.0 Å². The largest absolute Gasteiger partial charge is 0.459 e. The van der Waals surface area contributed by atoms with Gasteiger partial charge in [-0.25, -0.2) is 8.42 Å². The van der Waals surface area contributed by atoms with Crippen molar-refractivity contribution in [1.82, 2.24) is 0 Å². The van der Waals surface area contributed by atoms with Crippen molar-refractivity contribution < 1.29 is 17.6 Å². The van der Waals surface area contributed by atoms with E-state index in [1.807, 2.05) is 25.1 Å². The molecule has 1 aliphatic heterocycles. The summed E-state index contributed by atoms with van der Waals surface area (Å²) in [6.45, 7) is 6.05. The molecule has 29 heavy (non-hydrogen) atoms. The molecule has 0 unspecified atom stereocenters. The maximum Gasteiger partial charge on any atom is 0.293 e. The average molecular weight is 410 g/mol. The van der Waals surface area contributed by atoms with Gasteiger partial charge in [-0.3, -0.25) is 9.52 Å². The van der Waals surface area contributed by atoms with Gasteiger partial charge in [0.05, 0.1) is 16.8 Å². The Morgan fingerprint density at radius 2 is 1.79 bits per heavy atom. The third-order valence-corrected chi connectivity index (χ3v) is 6.77. The topological polar surface area (TPSA) is 79.6 Å². The third kappa shape index (κ3) is 3.53. The van der Waals surface area contributed by atoms with Gasteiger partial charge in [0.15, 0.2) is 5.76 Å². The highest BCUT2D eigenvalue weighted by Crippen LogP contribution is 2.33. The highest BCUT2D eigenvalue weighted by Gasteiger charge is 2.28. The van der Waals surface area contributed by atoms with Gasteiger partial charge in [0.2, 0.25) is 0 Å². The van der Waals surface area contributed by atoms with Crippen LogP contribution in [-0.2, 0) is 16.4 Å². The first-order chi connectivity index (χ1) is 13.8. The molecule has 2 heterocycles. The number of fused-ring (bicyclic) bond motifs is 1. The minimum Gasteiger partial charge on any atom is -0.459 e. The number of benzene rings is 2. The fraction of sp³-hybridized carbons (Fsp3) is 0.227. The number of rotatable bonds is 4. The maximum atomic E-state index is 13.1. The number of hydrogen-bond donors (Lipinski definition) is 1. The number of carbonyl (C=O) groups is 1. The molecule has 2 aromatic carbocycles. The van der Waals surface area contributed by atoms with Crippen LogP contribution in [0.3, 0.4) is 0 Å². The predicted molar refractivity (Wildman–Crippen MR) is 112 cm³/mol. The number of anilines is 2. The fourth-order valence-corrected chi connectivity index (χ4v) is 5.49. The molecule has 150 valence electrons. The Bertz CT molecular complexity index is 1170. The molecule has 0 radical (unpaired) electrons. The minimum absolute atomic E-state index is 0.237. The van der Waals surface area contributed by atoms with Crippen molar-refractivity contribution in [2.24, 2.45) is 0 Å². The number of hydrogen-bond acceptors (Lipinski definition) is 4. The standard InChI is InChI=1S/C22H22N2O4S/c1-14-11-15(2)21(16(3)12-14)29(26,27)23-18-7-6-17-8-9-24(19(17)13-18)22(25)20-5-4-10-28-20/h4-7,10-13,23H,8-9H2,1-3H3. The van der Waals surface area contributed by atoms with Crippen LogP contribution in [0.15, 0.2) is 58.0 Å². The summed E-state index contributed by atoms with van der Waals surface area (Å²) >= 11 is 0. The summed E-state index contributed by atoms with van der Waals surface area (Å²) < 4.78 is 34.0. The van der Waals surface area contributed by atoms with Crippen molar-refractivity contribution in [2.75, 3.05) is 16.2 Å². The number of amides is 1. The number of nitrogens with zero attached hydrogens (tertiary/aromatic N) is 1. The summed E-state index contributed by atoms with van der Waals surface area (Å²) in [5, 5.41) is 0. The number of sulfonamides is 1. The van der Waals surface area contributed by atoms with Crippen LogP contribution in [0.1, 0.15) is 32.8 Å². The van der Waals surface area contributed by atoms with Gasteiger partial charge in [0.25, 0.3) is 15.9 Å². The summed E-state index contributed by atoms with van der Waals surface area (Å²) in [6.07, 6.45) is 2.17. The van der Waals surface area contributed by atoms with E-state index in [9.17, 15) is 13.2 Å². The summed E-state index contributed by atoms with van der Waals surface area (Å²) in [6, 6.07) is 12.3. The number of carbonyl (C=O) groups excluding carboxylic acids is 1. The van der Waals surface area contributed by atoms with Gasteiger partial charge in [0.1, 0.15) is 0 Å². The molecule has 1 amide bonds. The lowest BCUT2D eigenvalue weighted by Gasteiger charge is -2.18. The van der Waals surface area contributed by atoms with E-state index in [1.54, 1.807) is 43.0 Å². The molecular formula is C22H22N2O4S. The lowest BCUT2D eigenvalue weighted by atomic mass is 10.1. The first kappa shape index (κ1) is 19.3. The molecule has 1 aromatic heterocycles. The molecule has 1 aliphatic rings. The van der Waals surface area contributed by atoms with Crippen molar-refractivity contribution in [3.63, 3.8) is 0 Å². The second kappa shape index (κ2) is 7.08. The van der Waals surface area contributed by atoms with E-state index in [1.165, 1.54) is 6.26 Å². The first-order valence-electron chi connectivity index (χ1n) is 9.35. The molecule has 1 N–H and O–H groups in total. The minimum atomic E-state index is -3.76. The average Bonchev–Trinajstić information content (AvgIpc) is 3.29. The van der Waals surface area contributed by atoms with E-state index in [2.05, 4.69) is 4.72 Å². The van der Waals surface area contributed by atoms with Gasteiger partial charge >= 0.3 is 0 Å². The van der Waals surface area contributed by atoms with Crippen LogP contribution in [0.5, 0.6) is 0 Å². The number of nitrogens with one attached hydrogen (secondary N) is 1. The molecule has 0 fully saturated rings. The number of aryl methyl sites for hydroxylation is 3. The molecule has 0 bridgehead atoms. The first-order valence-corrected chi connectivity index (χ1v) is 10.8. The van der Waals surface area contributed by atoms with Crippen molar-refractivity contribution in [1.29, 1.82) is 0 Å². The zero-order valence-electron chi connectivity index (χ0n) is 16.5. The SMILES string of the molecule is Cc1cc(C)c(S(=O)(=O)Nc2ccc3c(c2)N(C(=O)c2ccco2)CC3)c(C)c1. The maximum absolute atomic E-state index is 13.1. The van der Waals surface area contributed by atoms with Gasteiger partial charge in [-0.1, -0.05) is 23.8 Å². The smallest absolute Gasteiger partial charge is 0.293 e. The Morgan fingerprint density at radius 1 is 1.07 bits per heavy atom. The van der Waals surface area contributed by atoms with Crippen LogP contribution >= 0.6 is 0 Å². The van der Waals surface area contributed by atoms with Gasteiger partial charge < -0.3 is 9.32 Å².